The second-order valence-corrected chi connectivity index (χ2v) is 5.43. The molecule has 0 saturated carbocycles. The number of hydrogen-bond acceptors (Lipinski definition) is 3. The second kappa shape index (κ2) is 6.71. The van der Waals surface area contributed by atoms with Gasteiger partial charge >= 0.3 is 5.69 Å². The van der Waals surface area contributed by atoms with E-state index in [1.165, 1.54) is 6.07 Å². The van der Waals surface area contributed by atoms with Gasteiger partial charge in [-0.05, 0) is 12.1 Å². The quantitative estimate of drug-likeness (QED) is 0.374. The minimum Gasteiger partial charge on any atom is -0.450 e. The lowest BCUT2D eigenvalue weighted by Crippen LogP contribution is -1.96. The molecule has 0 fully saturated rings. The van der Waals surface area contributed by atoms with Crippen LogP contribution >= 0.6 is 46.4 Å². The van der Waals surface area contributed by atoms with Gasteiger partial charge in [-0.3, -0.25) is 10.1 Å². The Bertz CT molecular complexity index is 706. The largest absolute Gasteiger partial charge is 0.450 e. The molecule has 0 radical (unpaired) electrons. The summed E-state index contributed by atoms with van der Waals surface area (Å²) in [7, 11) is 0. The molecule has 21 heavy (non-hydrogen) atoms. The maximum absolute atomic E-state index is 11.1. The first-order valence-electron chi connectivity index (χ1n) is 5.58. The smallest absolute Gasteiger partial charge is 0.313 e. The van der Waals surface area contributed by atoms with E-state index >= 15 is 0 Å². The monoisotopic (exact) mass is 365 g/mol. The van der Waals surface area contributed by atoms with Gasteiger partial charge in [0, 0.05) is 22.7 Å². The lowest BCUT2D eigenvalue weighted by Gasteiger charge is -2.11. The zero-order valence-corrected chi connectivity index (χ0v) is 13.3. The van der Waals surface area contributed by atoms with Crippen LogP contribution in [0, 0.1) is 10.1 Å². The van der Waals surface area contributed by atoms with Crippen LogP contribution < -0.4 is 4.74 Å². The van der Waals surface area contributed by atoms with E-state index in [2.05, 4.69) is 0 Å². The van der Waals surface area contributed by atoms with Gasteiger partial charge in [-0.15, -0.1) is 11.6 Å². The van der Waals surface area contributed by atoms with Crippen LogP contribution in [0.25, 0.3) is 0 Å². The van der Waals surface area contributed by atoms with Crippen molar-refractivity contribution in [2.45, 2.75) is 5.88 Å². The van der Waals surface area contributed by atoms with Gasteiger partial charge in [-0.2, -0.15) is 0 Å². The zero-order chi connectivity index (χ0) is 15.6. The van der Waals surface area contributed by atoms with Crippen molar-refractivity contribution in [2.75, 3.05) is 0 Å². The Balaban J connectivity index is 2.51. The molecule has 0 aromatic heterocycles. The summed E-state index contributed by atoms with van der Waals surface area (Å²) in [5.74, 6) is 0.381. The van der Waals surface area contributed by atoms with Crippen LogP contribution in [-0.2, 0) is 5.88 Å². The molecule has 0 amide bonds. The average molecular weight is 367 g/mol. The summed E-state index contributed by atoms with van der Waals surface area (Å²) in [6.45, 7) is 0. The Kier molecular flexibility index (Phi) is 5.17. The van der Waals surface area contributed by atoms with Crippen molar-refractivity contribution in [1.29, 1.82) is 0 Å². The maximum Gasteiger partial charge on any atom is 0.313 e. The molecule has 0 heterocycles. The molecule has 8 heteroatoms. The summed E-state index contributed by atoms with van der Waals surface area (Å²) in [6, 6.07) is 7.31. The molecule has 110 valence electrons. The fourth-order valence-corrected chi connectivity index (χ4v) is 2.51. The lowest BCUT2D eigenvalue weighted by atomic mass is 10.2. The third kappa shape index (κ3) is 3.52. The number of ether oxygens (including phenoxy) is 1. The molecule has 2 aromatic carbocycles. The Morgan fingerprint density at radius 1 is 1.05 bits per heavy atom. The number of halogens is 4. The van der Waals surface area contributed by atoms with Crippen molar-refractivity contribution >= 4 is 52.1 Å². The molecule has 4 nitrogen and oxygen atoms in total. The van der Waals surface area contributed by atoms with E-state index in [0.29, 0.717) is 16.3 Å². The Labute approximate surface area is 140 Å². The Hall–Kier alpha value is -1.20. The molecule has 0 saturated heterocycles. The summed E-state index contributed by atoms with van der Waals surface area (Å²) in [6.07, 6.45) is 0. The van der Waals surface area contributed by atoms with E-state index in [1.54, 1.807) is 18.2 Å². The highest BCUT2D eigenvalue weighted by molar-refractivity contribution is 6.42. The van der Waals surface area contributed by atoms with E-state index in [1.807, 2.05) is 0 Å². The standard InChI is InChI=1S/C13H7Cl4NO3/c14-6-7-8(15)2-1-3-12(7)21-13-5-10(17)9(16)4-11(13)18(19)20/h1-5H,6H2. The van der Waals surface area contributed by atoms with E-state index in [9.17, 15) is 10.1 Å². The maximum atomic E-state index is 11.1. The molecule has 0 aliphatic heterocycles. The van der Waals surface area contributed by atoms with E-state index in [-0.39, 0.29) is 27.4 Å². The van der Waals surface area contributed by atoms with Gasteiger partial charge in [-0.1, -0.05) is 40.9 Å². The van der Waals surface area contributed by atoms with Gasteiger partial charge < -0.3 is 4.74 Å². The predicted octanol–water partition coefficient (Wildman–Crippen LogP) is 6.09. The van der Waals surface area contributed by atoms with Gasteiger partial charge in [-0.25, -0.2) is 0 Å². The first-order valence-corrected chi connectivity index (χ1v) is 7.25. The Morgan fingerprint density at radius 3 is 2.33 bits per heavy atom. The average Bonchev–Trinajstić information content (AvgIpc) is 2.42. The third-order valence-corrected chi connectivity index (χ3v) is 3.97. The number of benzene rings is 2. The van der Waals surface area contributed by atoms with Crippen molar-refractivity contribution in [2.24, 2.45) is 0 Å². The van der Waals surface area contributed by atoms with Gasteiger partial charge in [0.15, 0.2) is 0 Å². The van der Waals surface area contributed by atoms with Crippen LogP contribution in [0.5, 0.6) is 11.5 Å². The fourth-order valence-electron chi connectivity index (χ4n) is 1.63. The normalized spacial score (nSPS) is 10.5. The van der Waals surface area contributed by atoms with Gasteiger partial charge in [0.25, 0.3) is 0 Å². The second-order valence-electron chi connectivity index (χ2n) is 3.94. The molecule has 0 N–H and O–H groups in total. The summed E-state index contributed by atoms with van der Waals surface area (Å²) in [4.78, 5) is 10.5. The van der Waals surface area contributed by atoms with Crippen LogP contribution in [0.3, 0.4) is 0 Å². The first kappa shape index (κ1) is 16.2. The van der Waals surface area contributed by atoms with Crippen LogP contribution in [0.2, 0.25) is 15.1 Å². The minimum absolute atomic E-state index is 0.0389. The molecule has 0 bridgehead atoms. The number of nitrogens with zero attached hydrogens (tertiary/aromatic N) is 1. The number of hydrogen-bond donors (Lipinski definition) is 0. The molecule has 0 atom stereocenters. The summed E-state index contributed by atoms with van der Waals surface area (Å²) < 4.78 is 5.56. The molecule has 0 spiro atoms. The molecule has 2 rings (SSSR count). The number of nitro groups is 1. The lowest BCUT2D eigenvalue weighted by molar-refractivity contribution is -0.385. The highest BCUT2D eigenvalue weighted by Gasteiger charge is 2.20. The zero-order valence-electron chi connectivity index (χ0n) is 10.3. The number of alkyl halides is 1. The number of nitro benzene ring substituents is 1. The summed E-state index contributed by atoms with van der Waals surface area (Å²) >= 11 is 23.5. The molecule has 0 aliphatic carbocycles. The highest BCUT2D eigenvalue weighted by Crippen LogP contribution is 2.40. The third-order valence-electron chi connectivity index (χ3n) is 2.63. The van der Waals surface area contributed by atoms with Crippen LogP contribution in [0.4, 0.5) is 5.69 Å². The topological polar surface area (TPSA) is 52.4 Å². The molecule has 2 aromatic rings. The molecular weight excluding hydrogens is 360 g/mol. The van der Waals surface area contributed by atoms with Crippen molar-refractivity contribution in [3.05, 3.63) is 61.1 Å². The van der Waals surface area contributed by atoms with Crippen molar-refractivity contribution in [3.63, 3.8) is 0 Å². The highest BCUT2D eigenvalue weighted by atomic mass is 35.5. The summed E-state index contributed by atoms with van der Waals surface area (Å²) in [5.41, 5.74) is 0.228. The van der Waals surface area contributed by atoms with Crippen LogP contribution in [0.1, 0.15) is 5.56 Å². The van der Waals surface area contributed by atoms with Crippen molar-refractivity contribution in [3.8, 4) is 11.5 Å². The van der Waals surface area contributed by atoms with Gasteiger partial charge in [0.1, 0.15) is 5.75 Å². The van der Waals surface area contributed by atoms with Gasteiger partial charge in [0.2, 0.25) is 5.75 Å². The molecular formula is C13H7Cl4NO3. The van der Waals surface area contributed by atoms with Crippen LogP contribution in [0.15, 0.2) is 30.3 Å². The van der Waals surface area contributed by atoms with E-state index in [4.69, 9.17) is 51.1 Å². The van der Waals surface area contributed by atoms with Crippen molar-refractivity contribution in [1.82, 2.24) is 0 Å². The number of rotatable bonds is 4. The van der Waals surface area contributed by atoms with Crippen molar-refractivity contribution < 1.29 is 9.66 Å². The predicted molar refractivity (Wildman–Crippen MR) is 84.2 cm³/mol. The fraction of sp³-hybridized carbons (Fsp3) is 0.0769. The van der Waals surface area contributed by atoms with Crippen LogP contribution in [-0.4, -0.2) is 4.92 Å². The minimum atomic E-state index is -0.609. The summed E-state index contributed by atoms with van der Waals surface area (Å²) in [5, 5.41) is 11.7. The first-order chi connectivity index (χ1) is 9.93. The van der Waals surface area contributed by atoms with Gasteiger partial charge in [0.05, 0.1) is 20.8 Å². The van der Waals surface area contributed by atoms with E-state index < -0.39 is 4.92 Å². The van der Waals surface area contributed by atoms with E-state index in [0.717, 1.165) is 6.07 Å². The SMILES string of the molecule is O=[N+]([O-])c1cc(Cl)c(Cl)cc1Oc1cccc(Cl)c1CCl. The molecule has 0 unspecified atom stereocenters. The Morgan fingerprint density at radius 2 is 1.71 bits per heavy atom. The molecule has 0 aliphatic rings.